The smallest absolute Gasteiger partial charge is 0.237 e. The third-order valence-electron chi connectivity index (χ3n) is 7.13. The zero-order valence-corrected chi connectivity index (χ0v) is 20.7. The highest BCUT2D eigenvalue weighted by atomic mass is 35.5. The molecular weight excluding hydrogens is 525 g/mol. The first-order valence-electron chi connectivity index (χ1n) is 11.1. The van der Waals surface area contributed by atoms with Crippen LogP contribution in [0.4, 0.5) is 0 Å². The van der Waals surface area contributed by atoms with E-state index in [0.717, 1.165) is 4.90 Å². The molecular formula is C27H16Cl3NO5. The van der Waals surface area contributed by atoms with Crippen molar-refractivity contribution >= 4 is 58.2 Å². The van der Waals surface area contributed by atoms with E-state index >= 15 is 0 Å². The Hall–Kier alpha value is -3.03. The number of imide groups is 1. The van der Waals surface area contributed by atoms with Crippen LogP contribution in [-0.4, -0.2) is 33.9 Å². The van der Waals surface area contributed by atoms with Gasteiger partial charge in [0.05, 0.1) is 24.5 Å². The van der Waals surface area contributed by atoms with Gasteiger partial charge in [-0.2, -0.15) is 0 Å². The van der Waals surface area contributed by atoms with Crippen LogP contribution in [0, 0.1) is 11.8 Å². The molecule has 0 aromatic heterocycles. The molecule has 6 rings (SSSR count). The van der Waals surface area contributed by atoms with Gasteiger partial charge in [-0.1, -0.05) is 77.3 Å². The molecule has 2 saturated heterocycles. The quantitative estimate of drug-likeness (QED) is 0.331. The van der Waals surface area contributed by atoms with Crippen LogP contribution in [0.15, 0.2) is 66.7 Å². The number of nitrogens with zero attached hydrogens (tertiary/aromatic N) is 1. The van der Waals surface area contributed by atoms with Crippen molar-refractivity contribution in [2.75, 3.05) is 0 Å². The van der Waals surface area contributed by atoms with Gasteiger partial charge in [0.15, 0.2) is 0 Å². The van der Waals surface area contributed by atoms with E-state index < -0.39 is 46.9 Å². The van der Waals surface area contributed by atoms with Crippen molar-refractivity contribution in [3.05, 3.63) is 104 Å². The predicted molar refractivity (Wildman–Crippen MR) is 132 cm³/mol. The second kappa shape index (κ2) is 8.25. The molecule has 36 heavy (non-hydrogen) atoms. The lowest BCUT2D eigenvalue weighted by atomic mass is 9.77. The summed E-state index contributed by atoms with van der Waals surface area (Å²) in [7, 11) is 0. The number of rotatable bonds is 3. The molecule has 0 saturated carbocycles. The maximum Gasteiger partial charge on any atom is 0.237 e. The molecule has 2 amide bonds. The van der Waals surface area contributed by atoms with E-state index in [-0.39, 0.29) is 22.7 Å². The maximum absolute atomic E-state index is 13.8. The van der Waals surface area contributed by atoms with E-state index in [0.29, 0.717) is 21.2 Å². The number of hydrogen-bond donors (Lipinski definition) is 0. The average Bonchev–Trinajstić information content (AvgIpc) is 3.41. The molecule has 1 aliphatic carbocycles. The van der Waals surface area contributed by atoms with Crippen LogP contribution in [0.2, 0.25) is 15.1 Å². The van der Waals surface area contributed by atoms with Crippen LogP contribution >= 0.6 is 34.8 Å². The molecule has 3 aromatic carbocycles. The van der Waals surface area contributed by atoms with Crippen LogP contribution in [0.1, 0.15) is 37.9 Å². The molecule has 2 aliphatic heterocycles. The molecule has 3 aromatic rings. The third-order valence-corrected chi connectivity index (χ3v) is 7.95. The van der Waals surface area contributed by atoms with Gasteiger partial charge >= 0.3 is 0 Å². The molecule has 180 valence electrons. The molecule has 3 atom stereocenters. The Balaban J connectivity index is 1.49. The van der Waals surface area contributed by atoms with Gasteiger partial charge in [0, 0.05) is 31.8 Å². The lowest BCUT2D eigenvalue weighted by molar-refractivity contribution is -0.145. The molecule has 1 spiro atoms. The molecule has 0 radical (unpaired) electrons. The number of carbonyl (C=O) groups excluding carboxylic acids is 4. The van der Waals surface area contributed by atoms with Crippen molar-refractivity contribution < 1.29 is 23.9 Å². The van der Waals surface area contributed by atoms with Crippen molar-refractivity contribution in [2.24, 2.45) is 11.8 Å². The number of ketones is 2. The maximum atomic E-state index is 13.8. The lowest BCUT2D eigenvalue weighted by Crippen LogP contribution is -2.50. The second-order valence-electron chi connectivity index (χ2n) is 9.04. The largest absolute Gasteiger partial charge is 0.349 e. The Morgan fingerprint density at radius 1 is 0.778 bits per heavy atom. The minimum absolute atomic E-state index is 0.0334. The van der Waals surface area contributed by atoms with Crippen molar-refractivity contribution in [1.29, 1.82) is 0 Å². The van der Waals surface area contributed by atoms with Crippen molar-refractivity contribution in [1.82, 2.24) is 4.90 Å². The number of amides is 2. The van der Waals surface area contributed by atoms with Crippen LogP contribution in [-0.2, 0) is 20.9 Å². The fourth-order valence-electron chi connectivity index (χ4n) is 5.52. The Labute approximate surface area is 220 Å². The summed E-state index contributed by atoms with van der Waals surface area (Å²) < 4.78 is 6.23. The Morgan fingerprint density at radius 2 is 1.39 bits per heavy atom. The van der Waals surface area contributed by atoms with E-state index in [2.05, 4.69) is 0 Å². The summed E-state index contributed by atoms with van der Waals surface area (Å²) >= 11 is 18.5. The molecule has 6 nitrogen and oxygen atoms in total. The first-order chi connectivity index (χ1) is 17.2. The standard InChI is InChI=1S/C27H16Cl3NO5/c28-14-7-5-13(6-8-14)12-31-25(34)20-21(26(31)35)27(23(32)16-3-1-2-4-17(16)24(27)33)36-22(20)18-10-9-15(29)11-19(18)30/h1-11,20-22H,12H2/t20-,21+,22-/m0/s1. The summed E-state index contributed by atoms with van der Waals surface area (Å²) in [4.78, 5) is 56.2. The minimum atomic E-state index is -2.15. The zero-order valence-electron chi connectivity index (χ0n) is 18.4. The fraction of sp³-hybridized carbons (Fsp3) is 0.185. The summed E-state index contributed by atoms with van der Waals surface area (Å²) in [5.41, 5.74) is -0.770. The average molecular weight is 541 g/mol. The number of ether oxygens (including phenoxy) is 1. The van der Waals surface area contributed by atoms with E-state index in [1.54, 1.807) is 48.5 Å². The number of fused-ring (bicyclic) bond motifs is 3. The zero-order chi connectivity index (χ0) is 25.4. The number of benzene rings is 3. The van der Waals surface area contributed by atoms with E-state index in [1.807, 2.05) is 0 Å². The molecule has 9 heteroatoms. The number of halogens is 3. The second-order valence-corrected chi connectivity index (χ2v) is 10.3. The summed E-state index contributed by atoms with van der Waals surface area (Å²) in [6, 6.07) is 17.7. The van der Waals surface area contributed by atoms with E-state index in [9.17, 15) is 19.2 Å². The fourth-order valence-corrected chi connectivity index (χ4v) is 6.16. The molecule has 0 N–H and O–H groups in total. The Morgan fingerprint density at radius 3 is 2.00 bits per heavy atom. The van der Waals surface area contributed by atoms with Crippen molar-refractivity contribution in [3.63, 3.8) is 0 Å². The molecule has 3 aliphatic rings. The number of hydrogen-bond acceptors (Lipinski definition) is 5. The number of likely N-dealkylation sites (tertiary alicyclic amines) is 1. The predicted octanol–water partition coefficient (Wildman–Crippen LogP) is 5.34. The first kappa shape index (κ1) is 23.4. The SMILES string of the molecule is O=C1[C@@H]2[C@H](c3ccc(Cl)cc3Cl)OC3(C(=O)c4ccccc4C3=O)[C@H]2C(=O)N1Cc1ccc(Cl)cc1. The monoisotopic (exact) mass is 539 g/mol. The lowest BCUT2D eigenvalue weighted by Gasteiger charge is -2.27. The normalized spacial score (nSPS) is 24.1. The number of Topliss-reactive ketones (excluding diaryl/α,β-unsaturated/α-hetero) is 2. The van der Waals surface area contributed by atoms with Gasteiger partial charge in [-0.05, 0) is 29.8 Å². The molecule has 2 heterocycles. The van der Waals surface area contributed by atoms with Crippen LogP contribution < -0.4 is 0 Å². The van der Waals surface area contributed by atoms with Gasteiger partial charge in [0.25, 0.3) is 0 Å². The van der Waals surface area contributed by atoms with Gasteiger partial charge in [-0.3, -0.25) is 24.1 Å². The third kappa shape index (κ3) is 3.15. The van der Waals surface area contributed by atoms with Crippen molar-refractivity contribution in [2.45, 2.75) is 18.2 Å². The Kier molecular flexibility index (Phi) is 5.36. The van der Waals surface area contributed by atoms with Gasteiger partial charge in [-0.25, -0.2) is 0 Å². The molecule has 0 unspecified atom stereocenters. The van der Waals surface area contributed by atoms with Gasteiger partial charge < -0.3 is 4.74 Å². The Bertz CT molecular complexity index is 1450. The van der Waals surface area contributed by atoms with Crippen molar-refractivity contribution in [3.8, 4) is 0 Å². The first-order valence-corrected chi connectivity index (χ1v) is 12.3. The van der Waals surface area contributed by atoms with E-state index in [4.69, 9.17) is 39.5 Å². The highest BCUT2D eigenvalue weighted by Crippen LogP contribution is 2.58. The highest BCUT2D eigenvalue weighted by molar-refractivity contribution is 6.36. The van der Waals surface area contributed by atoms with E-state index in [1.165, 1.54) is 18.2 Å². The van der Waals surface area contributed by atoms with Crippen LogP contribution in [0.25, 0.3) is 0 Å². The minimum Gasteiger partial charge on any atom is -0.349 e. The topological polar surface area (TPSA) is 80.8 Å². The highest BCUT2D eigenvalue weighted by Gasteiger charge is 2.74. The van der Waals surface area contributed by atoms with Gasteiger partial charge in [-0.15, -0.1) is 0 Å². The summed E-state index contributed by atoms with van der Waals surface area (Å²) in [5, 5.41) is 1.08. The summed E-state index contributed by atoms with van der Waals surface area (Å²) in [6.07, 6.45) is -1.10. The molecule has 2 fully saturated rings. The van der Waals surface area contributed by atoms with Gasteiger partial charge in [0.2, 0.25) is 29.0 Å². The van der Waals surface area contributed by atoms with Crippen LogP contribution in [0.5, 0.6) is 0 Å². The number of carbonyl (C=O) groups is 4. The molecule has 0 bridgehead atoms. The summed E-state index contributed by atoms with van der Waals surface area (Å²) in [6.45, 7) is -0.0334. The van der Waals surface area contributed by atoms with Crippen LogP contribution in [0.3, 0.4) is 0 Å². The van der Waals surface area contributed by atoms with Gasteiger partial charge in [0.1, 0.15) is 0 Å². The summed E-state index contributed by atoms with van der Waals surface area (Å²) in [5.74, 6) is -4.88.